The maximum atomic E-state index is 12.9. The van der Waals surface area contributed by atoms with Gasteiger partial charge in [0.15, 0.2) is 0 Å². The van der Waals surface area contributed by atoms with E-state index in [9.17, 15) is 4.79 Å². The van der Waals surface area contributed by atoms with Crippen LogP contribution in [0.1, 0.15) is 16.1 Å². The van der Waals surface area contributed by atoms with Crippen molar-refractivity contribution in [3.8, 4) is 11.1 Å². The maximum Gasteiger partial charge on any atom is 0.209 e. The molecule has 0 aliphatic carbocycles. The van der Waals surface area contributed by atoms with Crippen LogP contribution in [0.25, 0.3) is 32.9 Å². The second kappa shape index (κ2) is 5.74. The highest BCUT2D eigenvalue weighted by molar-refractivity contribution is 6.10. The van der Waals surface area contributed by atoms with Crippen LogP contribution in [0.4, 0.5) is 0 Å². The number of para-hydroxylation sites is 1. The van der Waals surface area contributed by atoms with Crippen LogP contribution in [-0.4, -0.2) is 15.8 Å². The molecule has 3 aromatic carbocycles. The summed E-state index contributed by atoms with van der Waals surface area (Å²) in [6, 6.07) is 26.0. The lowest BCUT2D eigenvalue weighted by Crippen LogP contribution is -2.01. The van der Waals surface area contributed by atoms with Crippen LogP contribution in [-0.2, 0) is 0 Å². The second-order valence-corrected chi connectivity index (χ2v) is 6.46. The van der Waals surface area contributed by atoms with Gasteiger partial charge in [-0.2, -0.15) is 0 Å². The molecule has 0 aliphatic rings. The van der Waals surface area contributed by atoms with Crippen molar-refractivity contribution >= 4 is 27.6 Å². The molecule has 2 aromatic heterocycles. The van der Waals surface area contributed by atoms with Crippen LogP contribution in [0.2, 0.25) is 0 Å². The molecule has 26 heavy (non-hydrogen) atoms. The van der Waals surface area contributed by atoms with Gasteiger partial charge in [0.2, 0.25) is 5.78 Å². The molecule has 0 bridgehead atoms. The minimum Gasteiger partial charge on any atom is -0.361 e. The number of ketones is 1. The molecule has 0 fully saturated rings. The maximum absolute atomic E-state index is 12.9. The van der Waals surface area contributed by atoms with Crippen molar-refractivity contribution in [3.63, 3.8) is 0 Å². The third-order valence-electron chi connectivity index (χ3n) is 4.79. The van der Waals surface area contributed by atoms with E-state index in [0.717, 1.165) is 27.5 Å². The van der Waals surface area contributed by atoms with Gasteiger partial charge in [-0.25, -0.2) is 0 Å². The fraction of sp³-hybridized carbons (Fsp3) is 0. The summed E-state index contributed by atoms with van der Waals surface area (Å²) < 4.78 is 0. The summed E-state index contributed by atoms with van der Waals surface area (Å²) in [6.45, 7) is 0. The highest BCUT2D eigenvalue weighted by Crippen LogP contribution is 2.26. The van der Waals surface area contributed by atoms with Gasteiger partial charge in [-0.15, -0.1) is 0 Å². The number of carbonyl (C=O) groups excluding carboxylic acids is 1. The summed E-state index contributed by atoms with van der Waals surface area (Å²) in [5, 5.41) is 2.23. The Morgan fingerprint density at radius 2 is 1.58 bits per heavy atom. The van der Waals surface area contributed by atoms with Gasteiger partial charge in [0, 0.05) is 28.2 Å². The van der Waals surface area contributed by atoms with Crippen molar-refractivity contribution < 1.29 is 4.79 Å². The summed E-state index contributed by atoms with van der Waals surface area (Å²) >= 11 is 0. The highest BCUT2D eigenvalue weighted by Gasteiger charge is 2.13. The Labute approximate surface area is 150 Å². The second-order valence-electron chi connectivity index (χ2n) is 6.46. The van der Waals surface area contributed by atoms with Crippen molar-refractivity contribution in [2.24, 2.45) is 0 Å². The van der Waals surface area contributed by atoms with Gasteiger partial charge in [-0.1, -0.05) is 48.5 Å². The summed E-state index contributed by atoms with van der Waals surface area (Å²) in [4.78, 5) is 19.4. The molecule has 3 heteroatoms. The Kier molecular flexibility index (Phi) is 3.25. The van der Waals surface area contributed by atoms with Gasteiger partial charge in [-0.3, -0.25) is 4.79 Å². The SMILES string of the molecule is O=C(c1cccc(-c2ccc3cc[nH]c3c2)c1)c1cc2ccccc2[nH]1. The minimum absolute atomic E-state index is 0.00371. The molecule has 0 amide bonds. The smallest absolute Gasteiger partial charge is 0.209 e. The van der Waals surface area contributed by atoms with Gasteiger partial charge >= 0.3 is 0 Å². The van der Waals surface area contributed by atoms with E-state index in [1.165, 1.54) is 5.39 Å². The predicted molar refractivity (Wildman–Crippen MR) is 105 cm³/mol. The lowest BCUT2D eigenvalue weighted by atomic mass is 9.99. The van der Waals surface area contributed by atoms with Crippen LogP contribution in [0.5, 0.6) is 0 Å². The Hall–Kier alpha value is -3.59. The number of H-pyrrole nitrogens is 2. The molecule has 0 radical (unpaired) electrons. The van der Waals surface area contributed by atoms with Crippen molar-refractivity contribution in [3.05, 3.63) is 96.3 Å². The minimum atomic E-state index is 0.00371. The standard InChI is InChI=1S/C23H16N2O/c26-23(22-14-18-4-1-2-7-20(18)25-22)19-6-3-5-16(12-19)17-9-8-15-10-11-24-21(15)13-17/h1-14,24-25H. The molecular weight excluding hydrogens is 320 g/mol. The predicted octanol–water partition coefficient (Wildman–Crippen LogP) is 5.55. The van der Waals surface area contributed by atoms with E-state index in [2.05, 4.69) is 34.2 Å². The zero-order valence-corrected chi connectivity index (χ0v) is 14.0. The molecule has 3 nitrogen and oxygen atoms in total. The number of nitrogens with one attached hydrogen (secondary N) is 2. The van der Waals surface area contributed by atoms with Crippen molar-refractivity contribution in [1.29, 1.82) is 0 Å². The number of carbonyl (C=O) groups is 1. The van der Waals surface area contributed by atoms with E-state index in [1.807, 2.05) is 60.8 Å². The number of rotatable bonds is 3. The van der Waals surface area contributed by atoms with E-state index in [1.54, 1.807) is 0 Å². The first kappa shape index (κ1) is 14.7. The van der Waals surface area contributed by atoms with Gasteiger partial charge in [0.1, 0.15) is 0 Å². The fourth-order valence-corrected chi connectivity index (χ4v) is 3.42. The number of fused-ring (bicyclic) bond motifs is 2. The Bertz CT molecular complexity index is 1230. The van der Waals surface area contributed by atoms with E-state index >= 15 is 0 Å². The molecule has 0 unspecified atom stereocenters. The van der Waals surface area contributed by atoms with Crippen molar-refractivity contribution in [1.82, 2.24) is 9.97 Å². The first-order valence-electron chi connectivity index (χ1n) is 8.58. The monoisotopic (exact) mass is 336 g/mol. The van der Waals surface area contributed by atoms with Crippen molar-refractivity contribution in [2.75, 3.05) is 0 Å². The Morgan fingerprint density at radius 1 is 0.692 bits per heavy atom. The summed E-state index contributed by atoms with van der Waals surface area (Å²) in [5.41, 5.74) is 5.48. The first-order valence-corrected chi connectivity index (χ1v) is 8.58. The van der Waals surface area contributed by atoms with Crippen molar-refractivity contribution in [2.45, 2.75) is 0 Å². The van der Waals surface area contributed by atoms with Crippen LogP contribution in [0, 0.1) is 0 Å². The third kappa shape index (κ3) is 2.42. The normalized spacial score (nSPS) is 11.2. The molecule has 0 spiro atoms. The molecular formula is C23H16N2O. The Balaban J connectivity index is 1.55. The van der Waals surface area contributed by atoms with Crippen LogP contribution in [0.3, 0.4) is 0 Å². The van der Waals surface area contributed by atoms with Gasteiger partial charge in [-0.05, 0) is 46.8 Å². The largest absolute Gasteiger partial charge is 0.361 e. The quantitative estimate of drug-likeness (QED) is 0.417. The third-order valence-corrected chi connectivity index (χ3v) is 4.79. The first-order chi connectivity index (χ1) is 12.8. The van der Waals surface area contributed by atoms with E-state index in [4.69, 9.17) is 0 Å². The van der Waals surface area contributed by atoms with E-state index < -0.39 is 0 Å². The molecule has 0 saturated heterocycles. The number of aromatic nitrogens is 2. The number of aromatic amines is 2. The summed E-state index contributed by atoms with van der Waals surface area (Å²) in [5.74, 6) is 0.00371. The lowest BCUT2D eigenvalue weighted by Gasteiger charge is -2.05. The zero-order chi connectivity index (χ0) is 17.5. The number of benzene rings is 3. The van der Waals surface area contributed by atoms with Gasteiger partial charge in [0.05, 0.1) is 5.69 Å². The fourth-order valence-electron chi connectivity index (χ4n) is 3.42. The lowest BCUT2D eigenvalue weighted by molar-refractivity contribution is 0.103. The van der Waals surface area contributed by atoms with Crippen LogP contribution >= 0.6 is 0 Å². The highest BCUT2D eigenvalue weighted by atomic mass is 16.1. The average molecular weight is 336 g/mol. The van der Waals surface area contributed by atoms with Crippen LogP contribution in [0.15, 0.2) is 85.1 Å². The number of hydrogen-bond donors (Lipinski definition) is 2. The number of hydrogen-bond acceptors (Lipinski definition) is 1. The van der Waals surface area contributed by atoms with E-state index in [-0.39, 0.29) is 5.78 Å². The Morgan fingerprint density at radius 3 is 2.50 bits per heavy atom. The molecule has 2 N–H and O–H groups in total. The molecule has 0 saturated carbocycles. The van der Waals surface area contributed by atoms with Gasteiger partial charge < -0.3 is 9.97 Å². The van der Waals surface area contributed by atoms with E-state index in [0.29, 0.717) is 11.3 Å². The van der Waals surface area contributed by atoms with Gasteiger partial charge in [0.25, 0.3) is 0 Å². The topological polar surface area (TPSA) is 48.6 Å². The summed E-state index contributed by atoms with van der Waals surface area (Å²) in [6.07, 6.45) is 1.93. The molecule has 5 rings (SSSR count). The zero-order valence-electron chi connectivity index (χ0n) is 14.0. The molecule has 0 atom stereocenters. The van der Waals surface area contributed by atoms with Crippen LogP contribution < -0.4 is 0 Å². The molecule has 0 aliphatic heterocycles. The molecule has 2 heterocycles. The summed E-state index contributed by atoms with van der Waals surface area (Å²) in [7, 11) is 0. The average Bonchev–Trinajstić information content (AvgIpc) is 3.33. The molecule has 5 aromatic rings. The molecule has 124 valence electrons.